The molecule has 0 spiro atoms. The van der Waals surface area contributed by atoms with E-state index in [-0.39, 0.29) is 0 Å². The lowest BCUT2D eigenvalue weighted by molar-refractivity contribution is 0.415. The third kappa shape index (κ3) is 2.20. The molecule has 2 rings (SSSR count). The van der Waals surface area contributed by atoms with Crippen molar-refractivity contribution in [2.24, 2.45) is 5.73 Å². The van der Waals surface area contributed by atoms with E-state index in [1.54, 1.807) is 18.1 Å². The first-order chi connectivity index (χ1) is 7.83. The van der Waals surface area contributed by atoms with Crippen molar-refractivity contribution in [3.8, 4) is 17.1 Å². The van der Waals surface area contributed by atoms with E-state index < -0.39 is 0 Å². The number of hydrogen-bond donors (Lipinski definition) is 1. The van der Waals surface area contributed by atoms with Gasteiger partial charge in [0.1, 0.15) is 12.1 Å². The molecule has 0 fully saturated rings. The summed E-state index contributed by atoms with van der Waals surface area (Å²) in [5, 5.41) is 4.32. The summed E-state index contributed by atoms with van der Waals surface area (Å²) in [6, 6.07) is 7.66. The van der Waals surface area contributed by atoms with Crippen LogP contribution in [0, 0.1) is 0 Å². The van der Waals surface area contributed by atoms with Crippen molar-refractivity contribution in [2.75, 3.05) is 13.7 Å². The highest BCUT2D eigenvalue weighted by Crippen LogP contribution is 2.20. The van der Waals surface area contributed by atoms with Gasteiger partial charge in [-0.3, -0.25) is 4.68 Å². The number of nitrogens with two attached hydrogens (primary N) is 1. The van der Waals surface area contributed by atoms with Crippen LogP contribution in [0.1, 0.15) is 0 Å². The summed E-state index contributed by atoms with van der Waals surface area (Å²) in [5.74, 6) is 1.49. The largest absolute Gasteiger partial charge is 0.497 e. The van der Waals surface area contributed by atoms with Crippen LogP contribution in [0.3, 0.4) is 0 Å². The molecule has 0 saturated heterocycles. The van der Waals surface area contributed by atoms with Crippen LogP contribution >= 0.6 is 0 Å². The van der Waals surface area contributed by atoms with Crippen LogP contribution in [0.4, 0.5) is 0 Å². The number of methoxy groups -OCH3 is 1. The van der Waals surface area contributed by atoms with Gasteiger partial charge in [-0.1, -0.05) is 12.1 Å². The molecule has 0 aliphatic rings. The lowest BCUT2D eigenvalue weighted by Crippen LogP contribution is -2.10. The Balaban J connectivity index is 2.27. The van der Waals surface area contributed by atoms with E-state index in [0.717, 1.165) is 11.3 Å². The van der Waals surface area contributed by atoms with Crippen molar-refractivity contribution in [2.45, 2.75) is 6.54 Å². The van der Waals surface area contributed by atoms with Crippen molar-refractivity contribution in [1.82, 2.24) is 14.8 Å². The minimum atomic E-state index is 0.556. The van der Waals surface area contributed by atoms with E-state index >= 15 is 0 Å². The first-order valence-corrected chi connectivity index (χ1v) is 5.07. The third-order valence-corrected chi connectivity index (χ3v) is 2.22. The van der Waals surface area contributed by atoms with Crippen LogP contribution in [-0.2, 0) is 6.54 Å². The molecule has 0 radical (unpaired) electrons. The van der Waals surface area contributed by atoms with Gasteiger partial charge in [-0.2, -0.15) is 5.10 Å². The number of benzene rings is 1. The normalized spacial score (nSPS) is 10.4. The zero-order valence-electron chi connectivity index (χ0n) is 9.13. The van der Waals surface area contributed by atoms with Gasteiger partial charge in [0.25, 0.3) is 0 Å². The van der Waals surface area contributed by atoms with Crippen LogP contribution in [0.2, 0.25) is 0 Å². The Kier molecular flexibility index (Phi) is 3.16. The van der Waals surface area contributed by atoms with Crippen LogP contribution in [0.25, 0.3) is 11.4 Å². The van der Waals surface area contributed by atoms with Gasteiger partial charge in [-0.05, 0) is 12.1 Å². The SMILES string of the molecule is COc1cccc(-c2ncn(CCN)n2)c1. The molecule has 5 nitrogen and oxygen atoms in total. The maximum Gasteiger partial charge on any atom is 0.181 e. The Morgan fingerprint density at radius 1 is 1.44 bits per heavy atom. The predicted molar refractivity (Wildman–Crippen MR) is 61.1 cm³/mol. The van der Waals surface area contributed by atoms with E-state index in [1.165, 1.54) is 0 Å². The molecular formula is C11H14N4O. The summed E-state index contributed by atoms with van der Waals surface area (Å²) in [7, 11) is 1.64. The molecule has 0 amide bonds. The van der Waals surface area contributed by atoms with Crippen LogP contribution in [0.5, 0.6) is 5.75 Å². The molecule has 1 aromatic carbocycles. The van der Waals surface area contributed by atoms with Crippen molar-refractivity contribution < 1.29 is 4.74 Å². The maximum atomic E-state index is 5.45. The van der Waals surface area contributed by atoms with Crippen LogP contribution in [0.15, 0.2) is 30.6 Å². The van der Waals surface area contributed by atoms with Gasteiger partial charge in [-0.25, -0.2) is 4.98 Å². The minimum Gasteiger partial charge on any atom is -0.497 e. The molecule has 2 aromatic rings. The fourth-order valence-corrected chi connectivity index (χ4v) is 1.43. The molecule has 0 saturated carbocycles. The maximum absolute atomic E-state index is 5.45. The van der Waals surface area contributed by atoms with Gasteiger partial charge >= 0.3 is 0 Å². The second-order valence-corrected chi connectivity index (χ2v) is 3.35. The Bertz CT molecular complexity index is 467. The molecule has 1 heterocycles. The number of aromatic nitrogens is 3. The topological polar surface area (TPSA) is 66.0 Å². The average molecular weight is 218 g/mol. The average Bonchev–Trinajstić information content (AvgIpc) is 2.78. The fraction of sp³-hybridized carbons (Fsp3) is 0.273. The van der Waals surface area contributed by atoms with E-state index in [1.807, 2.05) is 24.3 Å². The van der Waals surface area contributed by atoms with Gasteiger partial charge in [0.2, 0.25) is 0 Å². The molecule has 0 aliphatic heterocycles. The summed E-state index contributed by atoms with van der Waals surface area (Å²) in [6.07, 6.45) is 1.68. The smallest absolute Gasteiger partial charge is 0.181 e. The molecule has 0 atom stereocenters. The zero-order chi connectivity index (χ0) is 11.4. The molecule has 0 bridgehead atoms. The monoisotopic (exact) mass is 218 g/mol. The van der Waals surface area contributed by atoms with E-state index in [0.29, 0.717) is 18.9 Å². The lowest BCUT2D eigenvalue weighted by atomic mass is 10.2. The first-order valence-electron chi connectivity index (χ1n) is 5.07. The van der Waals surface area contributed by atoms with Crippen LogP contribution < -0.4 is 10.5 Å². The summed E-state index contributed by atoms with van der Waals surface area (Å²) in [5.41, 5.74) is 6.39. The molecule has 5 heteroatoms. The summed E-state index contributed by atoms with van der Waals surface area (Å²) in [4.78, 5) is 4.22. The molecule has 16 heavy (non-hydrogen) atoms. The minimum absolute atomic E-state index is 0.556. The second-order valence-electron chi connectivity index (χ2n) is 3.35. The molecular weight excluding hydrogens is 204 g/mol. The number of hydrogen-bond acceptors (Lipinski definition) is 4. The Hall–Kier alpha value is -1.88. The van der Waals surface area contributed by atoms with Gasteiger partial charge in [0.15, 0.2) is 5.82 Å². The standard InChI is InChI=1S/C11H14N4O/c1-16-10-4-2-3-9(7-10)11-13-8-15(14-11)6-5-12/h2-4,7-8H,5-6,12H2,1H3. The Morgan fingerprint density at radius 2 is 2.31 bits per heavy atom. The fourth-order valence-electron chi connectivity index (χ4n) is 1.43. The summed E-state index contributed by atoms with van der Waals surface area (Å²) >= 11 is 0. The van der Waals surface area contributed by atoms with Crippen molar-refractivity contribution >= 4 is 0 Å². The lowest BCUT2D eigenvalue weighted by Gasteiger charge is -2.00. The first kappa shape index (κ1) is 10.6. The Labute approximate surface area is 93.9 Å². The highest BCUT2D eigenvalue weighted by atomic mass is 16.5. The number of nitrogens with zero attached hydrogens (tertiary/aromatic N) is 3. The second kappa shape index (κ2) is 4.76. The number of ether oxygens (including phenoxy) is 1. The van der Waals surface area contributed by atoms with E-state index in [9.17, 15) is 0 Å². The highest BCUT2D eigenvalue weighted by Gasteiger charge is 2.04. The quantitative estimate of drug-likeness (QED) is 0.828. The van der Waals surface area contributed by atoms with Crippen molar-refractivity contribution in [3.63, 3.8) is 0 Å². The zero-order valence-corrected chi connectivity index (χ0v) is 9.13. The predicted octanol–water partition coefficient (Wildman–Crippen LogP) is 0.912. The van der Waals surface area contributed by atoms with Gasteiger partial charge < -0.3 is 10.5 Å². The van der Waals surface area contributed by atoms with E-state index in [2.05, 4.69) is 10.1 Å². The molecule has 84 valence electrons. The van der Waals surface area contributed by atoms with Gasteiger partial charge in [0, 0.05) is 12.1 Å². The number of rotatable bonds is 4. The van der Waals surface area contributed by atoms with E-state index in [4.69, 9.17) is 10.5 Å². The molecule has 1 aromatic heterocycles. The highest BCUT2D eigenvalue weighted by molar-refractivity contribution is 5.56. The summed E-state index contributed by atoms with van der Waals surface area (Å²) < 4.78 is 6.88. The van der Waals surface area contributed by atoms with Gasteiger partial charge in [-0.15, -0.1) is 0 Å². The van der Waals surface area contributed by atoms with Crippen LogP contribution in [-0.4, -0.2) is 28.4 Å². The molecule has 2 N–H and O–H groups in total. The van der Waals surface area contributed by atoms with Crippen molar-refractivity contribution in [3.05, 3.63) is 30.6 Å². The third-order valence-electron chi connectivity index (χ3n) is 2.22. The summed E-state index contributed by atoms with van der Waals surface area (Å²) in [6.45, 7) is 1.23. The molecule has 0 unspecified atom stereocenters. The van der Waals surface area contributed by atoms with Gasteiger partial charge in [0.05, 0.1) is 13.7 Å². The molecule has 0 aliphatic carbocycles. The van der Waals surface area contributed by atoms with Crippen molar-refractivity contribution in [1.29, 1.82) is 0 Å². The Morgan fingerprint density at radius 3 is 3.06 bits per heavy atom.